The number of quaternary nitrogens is 1. The van der Waals surface area contributed by atoms with E-state index in [4.69, 9.17) is 8.83 Å². The maximum atomic E-state index is 13.2. The average molecular weight is 381 g/mol. The van der Waals surface area contributed by atoms with E-state index in [1.54, 1.807) is 24.3 Å². The third-order valence-electron chi connectivity index (χ3n) is 4.86. The standard InChI is InChI=1S/C21H20N2O5/c1-22(2)9-10-23-18(15-8-5-11-27-15)17(20(25)21(23)26)19(24)16-12-13-6-3-4-7-14(13)28-16/h3-8,11-12,18,25H,9-10H2,1-2H3/p+1/t18-/m1/s1. The van der Waals surface area contributed by atoms with Gasteiger partial charge in [-0.05, 0) is 24.3 Å². The molecule has 0 saturated heterocycles. The van der Waals surface area contributed by atoms with Crippen LogP contribution in [0.25, 0.3) is 11.0 Å². The molecule has 2 N–H and O–H groups in total. The number of aliphatic hydroxyl groups excluding tert-OH is 1. The first-order valence-electron chi connectivity index (χ1n) is 9.07. The van der Waals surface area contributed by atoms with Crippen molar-refractivity contribution < 1.29 is 28.4 Å². The summed E-state index contributed by atoms with van der Waals surface area (Å²) in [6.07, 6.45) is 1.48. The Morgan fingerprint density at radius 2 is 2.00 bits per heavy atom. The number of carbonyl (C=O) groups is 2. The molecule has 4 rings (SSSR count). The molecule has 1 amide bonds. The second kappa shape index (κ2) is 7.01. The van der Waals surface area contributed by atoms with Crippen LogP contribution in [0.15, 0.2) is 68.9 Å². The van der Waals surface area contributed by atoms with E-state index in [0.29, 0.717) is 24.4 Å². The fourth-order valence-corrected chi connectivity index (χ4v) is 3.43. The minimum atomic E-state index is -0.789. The van der Waals surface area contributed by atoms with Crippen LogP contribution >= 0.6 is 0 Å². The van der Waals surface area contributed by atoms with E-state index in [1.807, 2.05) is 32.3 Å². The van der Waals surface area contributed by atoms with E-state index in [1.165, 1.54) is 11.2 Å². The van der Waals surface area contributed by atoms with Gasteiger partial charge in [0.15, 0.2) is 11.5 Å². The summed E-state index contributed by atoms with van der Waals surface area (Å²) in [5, 5.41) is 11.3. The first-order chi connectivity index (χ1) is 13.5. The van der Waals surface area contributed by atoms with E-state index in [9.17, 15) is 14.7 Å². The number of hydrogen-bond acceptors (Lipinski definition) is 5. The van der Waals surface area contributed by atoms with Gasteiger partial charge < -0.3 is 23.7 Å². The fourth-order valence-electron chi connectivity index (χ4n) is 3.43. The molecule has 0 unspecified atom stereocenters. The summed E-state index contributed by atoms with van der Waals surface area (Å²) >= 11 is 0. The molecule has 1 atom stereocenters. The van der Waals surface area contributed by atoms with Crippen LogP contribution in [-0.2, 0) is 4.79 Å². The van der Waals surface area contributed by atoms with Crippen LogP contribution < -0.4 is 4.90 Å². The number of nitrogens with zero attached hydrogens (tertiary/aromatic N) is 1. The number of para-hydroxylation sites is 1. The summed E-state index contributed by atoms with van der Waals surface area (Å²) < 4.78 is 11.2. The number of amides is 1. The summed E-state index contributed by atoms with van der Waals surface area (Å²) in [6, 6.07) is 11.5. The monoisotopic (exact) mass is 381 g/mol. The molecule has 2 aromatic heterocycles. The highest BCUT2D eigenvalue weighted by Crippen LogP contribution is 2.39. The molecule has 1 aliphatic rings. The second-order valence-electron chi connectivity index (χ2n) is 7.11. The molecule has 0 spiro atoms. The number of hydrogen-bond donors (Lipinski definition) is 2. The first kappa shape index (κ1) is 18.1. The Balaban J connectivity index is 1.76. The minimum absolute atomic E-state index is 0.0206. The van der Waals surface area contributed by atoms with Gasteiger partial charge >= 0.3 is 0 Å². The lowest BCUT2D eigenvalue weighted by molar-refractivity contribution is -0.857. The third-order valence-corrected chi connectivity index (χ3v) is 4.86. The molecule has 0 bridgehead atoms. The highest BCUT2D eigenvalue weighted by Gasteiger charge is 2.46. The van der Waals surface area contributed by atoms with Gasteiger partial charge in [0.1, 0.15) is 17.4 Å². The third kappa shape index (κ3) is 2.99. The van der Waals surface area contributed by atoms with E-state index in [-0.39, 0.29) is 11.3 Å². The number of rotatable bonds is 6. The van der Waals surface area contributed by atoms with Gasteiger partial charge in [-0.15, -0.1) is 0 Å². The lowest BCUT2D eigenvalue weighted by Crippen LogP contribution is -3.06. The molecule has 1 aromatic carbocycles. The van der Waals surface area contributed by atoms with Crippen LogP contribution in [0.1, 0.15) is 22.4 Å². The van der Waals surface area contributed by atoms with Gasteiger partial charge in [-0.2, -0.15) is 0 Å². The molecular formula is C21H21N2O5+. The van der Waals surface area contributed by atoms with Gasteiger partial charge in [0, 0.05) is 5.39 Å². The molecule has 7 nitrogen and oxygen atoms in total. The van der Waals surface area contributed by atoms with Crippen LogP contribution in [-0.4, -0.2) is 48.9 Å². The number of carbonyl (C=O) groups excluding carboxylic acids is 2. The van der Waals surface area contributed by atoms with Gasteiger partial charge in [-0.3, -0.25) is 9.59 Å². The zero-order valence-corrected chi connectivity index (χ0v) is 15.6. The van der Waals surface area contributed by atoms with Crippen LogP contribution in [0.2, 0.25) is 0 Å². The van der Waals surface area contributed by atoms with E-state index in [0.717, 1.165) is 10.3 Å². The Hall–Kier alpha value is -3.32. The van der Waals surface area contributed by atoms with Crippen LogP contribution in [0.3, 0.4) is 0 Å². The van der Waals surface area contributed by atoms with Crippen molar-refractivity contribution in [3.63, 3.8) is 0 Å². The molecule has 3 heterocycles. The predicted octanol–water partition coefficient (Wildman–Crippen LogP) is 1.75. The summed E-state index contributed by atoms with van der Waals surface area (Å²) in [6.45, 7) is 1.02. The van der Waals surface area contributed by atoms with Crippen molar-refractivity contribution in [1.82, 2.24) is 4.90 Å². The van der Waals surface area contributed by atoms with Crippen LogP contribution in [0, 0.1) is 0 Å². The molecule has 0 radical (unpaired) electrons. The Labute approximate surface area is 161 Å². The topological polar surface area (TPSA) is 88.3 Å². The van der Waals surface area contributed by atoms with Crippen molar-refractivity contribution in [1.29, 1.82) is 0 Å². The number of Topliss-reactive ketones (excluding diaryl/α,β-unsaturated/α-hetero) is 1. The fraction of sp³-hybridized carbons (Fsp3) is 0.238. The minimum Gasteiger partial charge on any atom is -0.503 e. The molecule has 0 saturated carbocycles. The van der Waals surface area contributed by atoms with Crippen molar-refractivity contribution in [3.05, 3.63) is 71.6 Å². The molecule has 0 fully saturated rings. The van der Waals surface area contributed by atoms with Crippen molar-refractivity contribution in [2.24, 2.45) is 0 Å². The van der Waals surface area contributed by atoms with Crippen LogP contribution in [0.4, 0.5) is 0 Å². The van der Waals surface area contributed by atoms with Crippen LogP contribution in [0.5, 0.6) is 0 Å². The lowest BCUT2D eigenvalue weighted by Gasteiger charge is -2.24. The maximum absolute atomic E-state index is 13.2. The zero-order chi connectivity index (χ0) is 19.8. The number of fused-ring (bicyclic) bond motifs is 1. The lowest BCUT2D eigenvalue weighted by atomic mass is 9.99. The van der Waals surface area contributed by atoms with Gasteiger partial charge in [0.25, 0.3) is 5.91 Å². The quantitative estimate of drug-likeness (QED) is 0.635. The zero-order valence-electron chi connectivity index (χ0n) is 15.6. The molecule has 1 aliphatic heterocycles. The predicted molar refractivity (Wildman–Crippen MR) is 101 cm³/mol. The number of furan rings is 2. The van der Waals surface area contributed by atoms with Crippen molar-refractivity contribution in [2.45, 2.75) is 6.04 Å². The number of nitrogens with one attached hydrogen (secondary N) is 1. The number of benzene rings is 1. The molecule has 3 aromatic rings. The Kier molecular flexibility index (Phi) is 4.52. The van der Waals surface area contributed by atoms with E-state index >= 15 is 0 Å². The highest BCUT2D eigenvalue weighted by molar-refractivity contribution is 6.15. The van der Waals surface area contributed by atoms with Gasteiger partial charge in [0.2, 0.25) is 5.78 Å². The average Bonchev–Trinajstić information content (AvgIpc) is 3.39. The smallest absolute Gasteiger partial charge is 0.290 e. The summed E-state index contributed by atoms with van der Waals surface area (Å²) in [7, 11) is 3.94. The highest BCUT2D eigenvalue weighted by atomic mass is 16.3. The molecule has 7 heteroatoms. The molecule has 144 valence electrons. The summed E-state index contributed by atoms with van der Waals surface area (Å²) in [5.74, 6) is -1.16. The van der Waals surface area contributed by atoms with Crippen molar-refractivity contribution in [2.75, 3.05) is 27.2 Å². The Morgan fingerprint density at radius 1 is 1.21 bits per heavy atom. The summed E-state index contributed by atoms with van der Waals surface area (Å²) in [4.78, 5) is 28.6. The first-order valence-corrected chi connectivity index (χ1v) is 9.07. The number of ketones is 1. The number of likely N-dealkylation sites (N-methyl/N-ethyl adjacent to an activating group) is 1. The van der Waals surface area contributed by atoms with E-state index in [2.05, 4.69) is 0 Å². The molecule has 0 aliphatic carbocycles. The van der Waals surface area contributed by atoms with Gasteiger partial charge in [-0.25, -0.2) is 0 Å². The molecule has 28 heavy (non-hydrogen) atoms. The number of aliphatic hydroxyl groups is 1. The maximum Gasteiger partial charge on any atom is 0.290 e. The molecular weight excluding hydrogens is 360 g/mol. The van der Waals surface area contributed by atoms with Gasteiger partial charge in [0.05, 0.1) is 39.0 Å². The Morgan fingerprint density at radius 3 is 2.68 bits per heavy atom. The Bertz CT molecular complexity index is 1030. The summed E-state index contributed by atoms with van der Waals surface area (Å²) in [5.41, 5.74) is 0.547. The van der Waals surface area contributed by atoms with Crippen molar-refractivity contribution >= 4 is 22.7 Å². The SMILES string of the molecule is C[NH+](C)CCN1C(=O)C(O)=C(C(=O)c2cc3ccccc3o2)[C@H]1c1ccco1. The van der Waals surface area contributed by atoms with Crippen molar-refractivity contribution in [3.8, 4) is 0 Å². The second-order valence-corrected chi connectivity index (χ2v) is 7.11. The van der Waals surface area contributed by atoms with Gasteiger partial charge in [-0.1, -0.05) is 18.2 Å². The normalized spacial score (nSPS) is 17.3. The largest absolute Gasteiger partial charge is 0.503 e. The van der Waals surface area contributed by atoms with E-state index < -0.39 is 23.5 Å².